The van der Waals surface area contributed by atoms with Gasteiger partial charge in [-0.15, -0.1) is 17.3 Å². The van der Waals surface area contributed by atoms with Crippen molar-refractivity contribution in [2.24, 2.45) is 5.41 Å². The van der Waals surface area contributed by atoms with Gasteiger partial charge in [0, 0.05) is 15.6 Å². The maximum atomic E-state index is 11.5. The zero-order valence-electron chi connectivity index (χ0n) is 22.9. The molecule has 0 spiro atoms. The van der Waals surface area contributed by atoms with Crippen LogP contribution in [0.25, 0.3) is 21.2 Å². The van der Waals surface area contributed by atoms with E-state index in [2.05, 4.69) is 55.3 Å². The van der Waals surface area contributed by atoms with Crippen molar-refractivity contribution < 1.29 is 23.9 Å². The van der Waals surface area contributed by atoms with Crippen LogP contribution in [-0.4, -0.2) is 33.7 Å². The van der Waals surface area contributed by atoms with Crippen LogP contribution < -0.4 is 9.47 Å². The summed E-state index contributed by atoms with van der Waals surface area (Å²) in [7, 11) is 0. The molecule has 5 nitrogen and oxygen atoms in total. The minimum Gasteiger partial charge on any atom is -0.616 e. The van der Waals surface area contributed by atoms with Crippen molar-refractivity contribution in [3.63, 3.8) is 0 Å². The minimum absolute atomic E-state index is 0.00590. The van der Waals surface area contributed by atoms with Crippen LogP contribution in [0.3, 0.4) is 0 Å². The first-order valence-electron chi connectivity index (χ1n) is 13.2. The van der Waals surface area contributed by atoms with Crippen LogP contribution in [0, 0.1) is 24.2 Å². The quantitative estimate of drug-likeness (QED) is 0.161. The van der Waals surface area contributed by atoms with Gasteiger partial charge < -0.3 is 19.1 Å². The lowest BCUT2D eigenvalue weighted by atomic mass is 9.95. The molecule has 0 radical (unpaired) electrons. The number of hydrogen-bond donors (Lipinski definition) is 1. The fourth-order valence-corrected chi connectivity index (χ4v) is 7.60. The number of aliphatic carboxylic acids is 1. The Bertz CT molecular complexity index is 1570. The van der Waals surface area contributed by atoms with Gasteiger partial charge in [0.15, 0.2) is 0 Å². The van der Waals surface area contributed by atoms with Gasteiger partial charge in [0.05, 0.1) is 17.8 Å². The van der Waals surface area contributed by atoms with Crippen LogP contribution in [-0.2, 0) is 22.6 Å². The van der Waals surface area contributed by atoms with Gasteiger partial charge in [-0.1, -0.05) is 47.4 Å². The van der Waals surface area contributed by atoms with Gasteiger partial charge in [-0.2, -0.15) is 0 Å². The normalized spacial score (nSPS) is 18.9. The summed E-state index contributed by atoms with van der Waals surface area (Å²) in [6.07, 6.45) is -0.0164. The average Bonchev–Trinajstić information content (AvgIpc) is 3.33. The second kappa shape index (κ2) is 12.0. The zero-order chi connectivity index (χ0) is 28.3. The molecule has 4 aromatic rings. The smallest absolute Gasteiger partial charge is 0.304 e. The Morgan fingerprint density at radius 1 is 1.07 bits per heavy atom. The van der Waals surface area contributed by atoms with E-state index in [0.717, 1.165) is 39.1 Å². The molecule has 40 heavy (non-hydrogen) atoms. The van der Waals surface area contributed by atoms with Crippen LogP contribution in [0.1, 0.15) is 42.9 Å². The number of carboxylic acids is 1. The van der Waals surface area contributed by atoms with Crippen LogP contribution >= 0.6 is 11.3 Å². The van der Waals surface area contributed by atoms with Crippen LogP contribution in [0.2, 0.25) is 0 Å². The van der Waals surface area contributed by atoms with Crippen LogP contribution in [0.4, 0.5) is 0 Å². The highest BCUT2D eigenvalue weighted by Crippen LogP contribution is 2.39. The monoisotopic (exact) mass is 572 g/mol. The van der Waals surface area contributed by atoms with Crippen molar-refractivity contribution in [3.05, 3.63) is 82.7 Å². The van der Waals surface area contributed by atoms with E-state index in [0.29, 0.717) is 24.7 Å². The molecular weight excluding hydrogens is 540 g/mol. The number of hydrogen-bond acceptors (Lipinski definition) is 5. The van der Waals surface area contributed by atoms with Gasteiger partial charge in [-0.25, -0.2) is 0 Å². The zero-order valence-corrected chi connectivity index (χ0v) is 24.5. The lowest BCUT2D eigenvalue weighted by Gasteiger charge is -2.38. The standard InChI is InChI=1S/C33H32O5S2/c1-4-5-25(15-32(34)35)24-8-6-23(7-9-24)17-37-27-11-13-31-29(16-27)30(18-39-31)28-12-10-26(14-22(28)2)38-19-33(3)20-40(36)21-33/h6-14,16,18,25H,15,17,19-21H2,1-3H3,(H,34,35). The fourth-order valence-electron chi connectivity index (χ4n) is 5.02. The van der Waals surface area contributed by atoms with E-state index < -0.39 is 17.1 Å². The Kier molecular flexibility index (Phi) is 8.41. The van der Waals surface area contributed by atoms with Crippen molar-refractivity contribution in [1.29, 1.82) is 0 Å². The lowest BCUT2D eigenvalue weighted by Crippen LogP contribution is -2.50. The van der Waals surface area contributed by atoms with Gasteiger partial charge in [-0.3, -0.25) is 4.79 Å². The number of fused-ring (bicyclic) bond motifs is 1. The number of rotatable bonds is 10. The highest BCUT2D eigenvalue weighted by Gasteiger charge is 2.45. The predicted octanol–water partition coefficient (Wildman–Crippen LogP) is 7.18. The van der Waals surface area contributed by atoms with Gasteiger partial charge in [0.25, 0.3) is 0 Å². The first-order chi connectivity index (χ1) is 19.2. The Balaban J connectivity index is 1.27. The van der Waals surface area contributed by atoms with E-state index in [9.17, 15) is 14.5 Å². The summed E-state index contributed by atoms with van der Waals surface area (Å²) in [5.41, 5.74) is 5.37. The predicted molar refractivity (Wildman–Crippen MR) is 163 cm³/mol. The summed E-state index contributed by atoms with van der Waals surface area (Å²) in [5.74, 6) is 7.69. The summed E-state index contributed by atoms with van der Waals surface area (Å²) < 4.78 is 24.9. The van der Waals surface area contributed by atoms with Crippen molar-refractivity contribution >= 4 is 38.6 Å². The topological polar surface area (TPSA) is 78.8 Å². The molecule has 1 aromatic heterocycles. The second-order valence-corrected chi connectivity index (χ2v) is 13.1. The molecule has 1 aliphatic rings. The molecule has 1 fully saturated rings. The maximum Gasteiger partial charge on any atom is 0.304 e. The van der Waals surface area contributed by atoms with E-state index in [1.165, 1.54) is 10.3 Å². The van der Waals surface area contributed by atoms with E-state index >= 15 is 0 Å². The minimum atomic E-state index is -0.860. The molecular formula is C33H32O5S2. The Hall–Kier alpha value is -3.44. The summed E-state index contributed by atoms with van der Waals surface area (Å²) in [5, 5.41) is 12.5. The molecule has 0 bridgehead atoms. The fraction of sp³-hybridized carbons (Fsp3) is 0.303. The van der Waals surface area contributed by atoms with Crippen LogP contribution in [0.5, 0.6) is 11.5 Å². The lowest BCUT2D eigenvalue weighted by molar-refractivity contribution is -0.137. The number of ether oxygens (including phenoxy) is 2. The molecule has 7 heteroatoms. The molecule has 0 aliphatic carbocycles. The van der Waals surface area contributed by atoms with Crippen molar-refractivity contribution in [2.45, 2.75) is 39.7 Å². The highest BCUT2D eigenvalue weighted by atomic mass is 32.2. The van der Waals surface area contributed by atoms with E-state index in [4.69, 9.17) is 9.47 Å². The Labute approximate surface area is 242 Å². The molecule has 0 amide bonds. The Morgan fingerprint density at radius 2 is 1.80 bits per heavy atom. The van der Waals surface area contributed by atoms with Gasteiger partial charge in [-0.05, 0) is 78.7 Å². The molecule has 0 saturated carbocycles. The first-order valence-corrected chi connectivity index (χ1v) is 15.6. The van der Waals surface area contributed by atoms with Crippen molar-refractivity contribution in [3.8, 4) is 34.5 Å². The molecule has 206 valence electrons. The number of carboxylic acid groups (broad SMARTS) is 1. The third-order valence-corrected chi connectivity index (χ3v) is 10.1. The van der Waals surface area contributed by atoms with Gasteiger partial charge >= 0.3 is 5.97 Å². The number of carbonyl (C=O) groups is 1. The molecule has 1 unspecified atom stereocenters. The summed E-state index contributed by atoms with van der Waals surface area (Å²) >= 11 is 1.02. The molecule has 1 saturated heterocycles. The number of aryl methyl sites for hydroxylation is 1. The average molecular weight is 573 g/mol. The number of benzene rings is 3. The molecule has 1 aliphatic heterocycles. The molecule has 1 N–H and O–H groups in total. The van der Waals surface area contributed by atoms with Crippen molar-refractivity contribution in [1.82, 2.24) is 0 Å². The second-order valence-electron chi connectivity index (χ2n) is 10.7. The molecule has 5 rings (SSSR count). The summed E-state index contributed by atoms with van der Waals surface area (Å²) in [6, 6.07) is 20.2. The number of thiophene rings is 1. The molecule has 1 atom stereocenters. The molecule has 3 aromatic carbocycles. The Morgan fingerprint density at radius 3 is 2.48 bits per heavy atom. The van der Waals surface area contributed by atoms with Crippen LogP contribution in [0.15, 0.2) is 66.0 Å². The van der Waals surface area contributed by atoms with Crippen molar-refractivity contribution in [2.75, 3.05) is 18.1 Å². The SMILES string of the molecule is CC#CC(CC(=O)O)c1ccc(COc2ccc3scc(-c4ccc(OCC5(C)C[S+]([O-])C5)cc4C)c3c2)cc1. The molecule has 2 heterocycles. The summed E-state index contributed by atoms with van der Waals surface area (Å²) in [4.78, 5) is 11.2. The third-order valence-electron chi connectivity index (χ3n) is 7.12. The van der Waals surface area contributed by atoms with E-state index in [1.807, 2.05) is 36.4 Å². The van der Waals surface area contributed by atoms with Gasteiger partial charge in [0.2, 0.25) is 0 Å². The first kappa shape index (κ1) is 28.1. The maximum absolute atomic E-state index is 11.5. The summed E-state index contributed by atoms with van der Waals surface area (Å²) in [6.45, 7) is 6.94. The highest BCUT2D eigenvalue weighted by molar-refractivity contribution is 7.92. The largest absolute Gasteiger partial charge is 0.616 e. The third kappa shape index (κ3) is 6.47. The van der Waals surface area contributed by atoms with E-state index in [-0.39, 0.29) is 17.8 Å². The van der Waals surface area contributed by atoms with E-state index in [1.54, 1.807) is 18.3 Å². The van der Waals surface area contributed by atoms with Gasteiger partial charge in [0.1, 0.15) is 36.2 Å².